The summed E-state index contributed by atoms with van der Waals surface area (Å²) in [7, 11) is 11.0. The molecule has 0 unspecified atom stereocenters. The minimum absolute atomic E-state index is 0.800. The first kappa shape index (κ1) is 33.3. The summed E-state index contributed by atoms with van der Waals surface area (Å²) < 4.78 is 0. The Morgan fingerprint density at radius 1 is 0.700 bits per heavy atom. The molecule has 0 nitrogen and oxygen atoms in total. The van der Waals surface area contributed by atoms with Gasteiger partial charge in [-0.3, -0.25) is 0 Å². The summed E-state index contributed by atoms with van der Waals surface area (Å²) in [5.74, 6) is 1.60. The molecule has 0 saturated heterocycles. The summed E-state index contributed by atoms with van der Waals surface area (Å²) in [4.78, 5) is 0. The van der Waals surface area contributed by atoms with Gasteiger partial charge in [-0.05, 0) is 37.5 Å². The molecule has 0 amide bonds. The number of rotatable bonds is 4. The molecule has 4 aromatic carbocycles. The Hall–Kier alpha value is -1.18. The van der Waals surface area contributed by atoms with Crippen LogP contribution < -0.4 is 0 Å². The van der Waals surface area contributed by atoms with Crippen LogP contribution in [0.5, 0.6) is 0 Å². The van der Waals surface area contributed by atoms with E-state index in [1.807, 2.05) is 12.2 Å². The third-order valence-electron chi connectivity index (χ3n) is 8.21. The van der Waals surface area contributed by atoms with Crippen LogP contribution in [0.4, 0.5) is 0 Å². The van der Waals surface area contributed by atoms with Gasteiger partial charge >= 0.3 is 37.9 Å². The molecule has 4 heteroatoms. The van der Waals surface area contributed by atoms with Crippen LogP contribution in [0.2, 0.25) is 13.1 Å². The molecule has 210 valence electrons. The number of halogens is 2. The topological polar surface area (TPSA) is 0 Å². The van der Waals surface area contributed by atoms with Gasteiger partial charge in [0, 0.05) is 9.52 Å². The van der Waals surface area contributed by atoms with Gasteiger partial charge in [0.05, 0.1) is 0 Å². The van der Waals surface area contributed by atoms with E-state index in [0.29, 0.717) is 0 Å². The fraction of sp³-hybridized carbons (Fsp3) is 0.389. The molecular weight excluding hydrogens is 623 g/mol. The molecule has 6 rings (SSSR count). The van der Waals surface area contributed by atoms with Gasteiger partial charge in [0.2, 0.25) is 0 Å². The van der Waals surface area contributed by atoms with E-state index in [2.05, 4.69) is 86.9 Å². The predicted octanol–water partition coefficient (Wildman–Crippen LogP) is 12.7. The third kappa shape index (κ3) is 9.42. The van der Waals surface area contributed by atoms with E-state index in [-0.39, 0.29) is 0 Å². The number of fused-ring (bicyclic) bond motifs is 2. The average molecular weight is 667 g/mol. The minimum atomic E-state index is -0.826. The SMILES string of the molecule is C=Cc1cccc2[cH-]c(C3CCCCC3)cc12.C=Cc1cccc2[cH-]c(C3CCCCC3)cc12.C[Si]C.[Cl][Zr+2][Cl]. The molecule has 2 saturated carbocycles. The van der Waals surface area contributed by atoms with E-state index in [1.165, 1.54) is 96.9 Å². The first-order valence-corrected chi connectivity index (χ1v) is 23.1. The molecule has 0 aromatic heterocycles. The summed E-state index contributed by atoms with van der Waals surface area (Å²) in [6, 6.07) is 22.6. The molecule has 2 aliphatic carbocycles. The van der Waals surface area contributed by atoms with Crippen molar-refractivity contribution in [3.63, 3.8) is 0 Å². The summed E-state index contributed by atoms with van der Waals surface area (Å²) in [5, 5.41) is 5.51. The van der Waals surface area contributed by atoms with Crippen LogP contribution in [-0.4, -0.2) is 9.52 Å². The molecule has 2 radical (unpaired) electrons. The molecule has 40 heavy (non-hydrogen) atoms. The maximum absolute atomic E-state index is 4.93. The Labute approximate surface area is 264 Å². The summed E-state index contributed by atoms with van der Waals surface area (Å²) in [5.41, 5.74) is 5.64. The summed E-state index contributed by atoms with van der Waals surface area (Å²) in [6.45, 7) is 12.1. The molecule has 0 heterocycles. The van der Waals surface area contributed by atoms with Crippen molar-refractivity contribution >= 4 is 60.2 Å². The quantitative estimate of drug-likeness (QED) is 0.150. The van der Waals surface area contributed by atoms with Crippen molar-refractivity contribution in [1.82, 2.24) is 0 Å². The monoisotopic (exact) mass is 664 g/mol. The maximum atomic E-state index is 4.93. The first-order valence-electron chi connectivity index (χ1n) is 14.8. The molecule has 4 aromatic rings. The van der Waals surface area contributed by atoms with Crippen LogP contribution in [0.1, 0.15) is 98.3 Å². The zero-order valence-electron chi connectivity index (χ0n) is 24.3. The van der Waals surface area contributed by atoms with Crippen LogP contribution in [0.25, 0.3) is 33.7 Å². The Balaban J connectivity index is 0.000000185. The Morgan fingerprint density at radius 2 is 1.05 bits per heavy atom. The standard InChI is InChI=1S/2C17H19.C2H6Si.2ClH.Zr/c2*1-2-13-9-6-10-15-11-16(12-17(13)15)14-7-4-3-5-8-14;1-3-2;;;/h2*2,6,9-12,14H,1,3-5,7-8H2;1-2H3;2*1H;/q2*-1;;;;+4/p-2. The van der Waals surface area contributed by atoms with Crippen molar-refractivity contribution < 1.29 is 20.8 Å². The van der Waals surface area contributed by atoms with Crippen LogP contribution in [-0.2, 0) is 20.8 Å². The fourth-order valence-corrected chi connectivity index (χ4v) is 6.26. The Bertz CT molecular complexity index is 1200. The van der Waals surface area contributed by atoms with Crippen LogP contribution in [0.15, 0.2) is 73.8 Å². The van der Waals surface area contributed by atoms with Crippen molar-refractivity contribution in [2.24, 2.45) is 0 Å². The zero-order valence-corrected chi connectivity index (χ0v) is 29.3. The van der Waals surface area contributed by atoms with Gasteiger partial charge in [-0.1, -0.05) is 100 Å². The summed E-state index contributed by atoms with van der Waals surface area (Å²) in [6.07, 6.45) is 17.9. The van der Waals surface area contributed by atoms with Crippen LogP contribution in [0.3, 0.4) is 0 Å². The van der Waals surface area contributed by atoms with E-state index in [0.717, 1.165) is 21.4 Å². The van der Waals surface area contributed by atoms with Crippen LogP contribution >= 0.6 is 17.0 Å². The van der Waals surface area contributed by atoms with Gasteiger partial charge in [0.15, 0.2) is 0 Å². The molecule has 0 N–H and O–H groups in total. The third-order valence-corrected chi connectivity index (χ3v) is 8.21. The van der Waals surface area contributed by atoms with Crippen molar-refractivity contribution in [3.8, 4) is 0 Å². The Kier molecular flexibility index (Phi) is 15.3. The van der Waals surface area contributed by atoms with Crippen LogP contribution in [0, 0.1) is 0 Å². The van der Waals surface area contributed by atoms with Crippen molar-refractivity contribution in [2.75, 3.05) is 0 Å². The van der Waals surface area contributed by atoms with Crippen molar-refractivity contribution in [1.29, 1.82) is 0 Å². The molecule has 2 aliphatic rings. The van der Waals surface area contributed by atoms with E-state index >= 15 is 0 Å². The van der Waals surface area contributed by atoms with E-state index in [9.17, 15) is 0 Å². The van der Waals surface area contributed by atoms with Gasteiger partial charge in [-0.15, -0.1) is 69.1 Å². The molecule has 0 spiro atoms. The Morgan fingerprint density at radius 3 is 1.38 bits per heavy atom. The molecule has 0 bridgehead atoms. The second-order valence-corrected chi connectivity index (χ2v) is 15.7. The molecule has 0 aliphatic heterocycles. The number of benzene rings is 2. The predicted molar refractivity (Wildman–Crippen MR) is 180 cm³/mol. The number of hydrogen-bond donors (Lipinski definition) is 0. The van der Waals surface area contributed by atoms with Crippen molar-refractivity contribution in [2.45, 2.75) is 89.1 Å². The van der Waals surface area contributed by atoms with E-state index in [4.69, 9.17) is 17.0 Å². The van der Waals surface area contributed by atoms with Gasteiger partial charge in [-0.25, -0.2) is 0 Å². The van der Waals surface area contributed by atoms with Gasteiger partial charge in [0.1, 0.15) is 0 Å². The number of hydrogen-bond acceptors (Lipinski definition) is 0. The second kappa shape index (κ2) is 18.4. The van der Waals surface area contributed by atoms with Gasteiger partial charge < -0.3 is 0 Å². The fourth-order valence-electron chi connectivity index (χ4n) is 6.26. The molecule has 2 fully saturated rings. The average Bonchev–Trinajstić information content (AvgIpc) is 3.64. The van der Waals surface area contributed by atoms with Crippen molar-refractivity contribution in [3.05, 3.63) is 96.1 Å². The molecule has 0 atom stereocenters. The second-order valence-electron chi connectivity index (χ2n) is 10.9. The normalized spacial score (nSPS) is 15.5. The van der Waals surface area contributed by atoms with E-state index < -0.39 is 20.8 Å². The van der Waals surface area contributed by atoms with Gasteiger partial charge in [0.25, 0.3) is 0 Å². The summed E-state index contributed by atoms with van der Waals surface area (Å²) >= 11 is -0.826. The zero-order chi connectivity index (χ0) is 28.7. The first-order chi connectivity index (χ1) is 19.6. The van der Waals surface area contributed by atoms with E-state index in [1.54, 1.807) is 11.1 Å². The molecular formula is C36H44Cl2SiZr. The van der Waals surface area contributed by atoms with Gasteiger partial charge in [-0.2, -0.15) is 12.1 Å².